The van der Waals surface area contributed by atoms with Gasteiger partial charge < -0.3 is 4.74 Å². The van der Waals surface area contributed by atoms with Crippen molar-refractivity contribution < 1.29 is 35.7 Å². The Morgan fingerprint density at radius 3 is 1.78 bits per heavy atom. The standard InChI is InChI=1S/C18H25F3O5S/c19-18(20,21)17(27(23,24)25,14-3-1-2-4-14)15(22)26-16-8-11-5-12(9-16)7-13(6-11)10-16/h11-14H,1-10H2,(H,23,24,25). The van der Waals surface area contributed by atoms with Crippen LogP contribution in [0.4, 0.5) is 13.2 Å². The Kier molecular flexibility index (Phi) is 4.39. The van der Waals surface area contributed by atoms with Crippen LogP contribution in [0.1, 0.15) is 64.2 Å². The van der Waals surface area contributed by atoms with E-state index in [1.807, 2.05) is 0 Å². The summed E-state index contributed by atoms with van der Waals surface area (Å²) < 4.78 is 77.6. The Hall–Kier alpha value is -0.830. The van der Waals surface area contributed by atoms with Crippen molar-refractivity contribution in [3.05, 3.63) is 0 Å². The van der Waals surface area contributed by atoms with Crippen LogP contribution in [0.2, 0.25) is 0 Å². The molecule has 27 heavy (non-hydrogen) atoms. The molecule has 4 bridgehead atoms. The number of ether oxygens (including phenoxy) is 1. The minimum atomic E-state index is -5.75. The van der Waals surface area contributed by atoms with E-state index in [2.05, 4.69) is 0 Å². The Balaban J connectivity index is 1.71. The van der Waals surface area contributed by atoms with Gasteiger partial charge in [0.1, 0.15) is 5.60 Å². The van der Waals surface area contributed by atoms with E-state index in [1.54, 1.807) is 0 Å². The van der Waals surface area contributed by atoms with Gasteiger partial charge in [-0.1, -0.05) is 12.8 Å². The fraction of sp³-hybridized carbons (Fsp3) is 0.944. The third-order valence-corrected chi connectivity index (χ3v) is 8.90. The van der Waals surface area contributed by atoms with Crippen molar-refractivity contribution in [1.29, 1.82) is 0 Å². The largest absolute Gasteiger partial charge is 0.458 e. The molecule has 5 nitrogen and oxygen atoms in total. The van der Waals surface area contributed by atoms with Gasteiger partial charge in [-0.2, -0.15) is 21.6 Å². The molecule has 0 aromatic rings. The van der Waals surface area contributed by atoms with Crippen LogP contribution in [0.3, 0.4) is 0 Å². The lowest BCUT2D eigenvalue weighted by Crippen LogP contribution is -2.65. The van der Waals surface area contributed by atoms with E-state index in [0.717, 1.165) is 19.3 Å². The third kappa shape index (κ3) is 2.91. The smallest absolute Gasteiger partial charge is 0.421 e. The third-order valence-electron chi connectivity index (χ3n) is 7.35. The summed E-state index contributed by atoms with van der Waals surface area (Å²) in [6.07, 6.45) is -0.310. The summed E-state index contributed by atoms with van der Waals surface area (Å²) in [5.41, 5.74) is -1.01. The number of hydrogen-bond donors (Lipinski definition) is 1. The van der Waals surface area contributed by atoms with Crippen molar-refractivity contribution in [3.63, 3.8) is 0 Å². The van der Waals surface area contributed by atoms with Crippen LogP contribution in [0.25, 0.3) is 0 Å². The lowest BCUT2D eigenvalue weighted by molar-refractivity contribution is -0.220. The quantitative estimate of drug-likeness (QED) is 0.562. The molecule has 5 rings (SSSR count). The number of carbonyl (C=O) groups excluding carboxylic acids is 1. The van der Waals surface area contributed by atoms with Gasteiger partial charge in [-0.3, -0.25) is 4.55 Å². The molecule has 0 radical (unpaired) electrons. The SMILES string of the molecule is O=C(OC12CC3CC(CC(C3)C1)C2)C(C1CCCC1)(C(F)(F)F)S(=O)(=O)O. The second-order valence-corrected chi connectivity index (χ2v) is 10.8. The molecule has 9 heteroatoms. The molecule has 1 unspecified atom stereocenters. The first-order valence-corrected chi connectivity index (χ1v) is 11.2. The Bertz CT molecular complexity index is 690. The Labute approximate surface area is 156 Å². The molecular formula is C18H25F3O5S. The molecule has 0 heterocycles. The van der Waals surface area contributed by atoms with Crippen molar-refractivity contribution in [3.8, 4) is 0 Å². The van der Waals surface area contributed by atoms with Crippen LogP contribution < -0.4 is 0 Å². The first-order valence-electron chi connectivity index (χ1n) is 9.74. The first-order chi connectivity index (χ1) is 12.5. The van der Waals surface area contributed by atoms with E-state index in [1.165, 1.54) is 0 Å². The Morgan fingerprint density at radius 1 is 0.963 bits per heavy atom. The van der Waals surface area contributed by atoms with E-state index in [9.17, 15) is 30.9 Å². The molecule has 0 aromatic carbocycles. The van der Waals surface area contributed by atoms with Gasteiger partial charge >= 0.3 is 12.1 Å². The highest BCUT2D eigenvalue weighted by molar-refractivity contribution is 7.88. The monoisotopic (exact) mass is 410 g/mol. The average molecular weight is 410 g/mol. The predicted octanol–water partition coefficient (Wildman–Crippen LogP) is 3.88. The molecule has 5 aliphatic rings. The van der Waals surface area contributed by atoms with Crippen molar-refractivity contribution in [2.75, 3.05) is 0 Å². The maximum Gasteiger partial charge on any atom is 0.421 e. The highest BCUT2D eigenvalue weighted by atomic mass is 32.2. The summed E-state index contributed by atoms with van der Waals surface area (Å²) in [7, 11) is -5.75. The van der Waals surface area contributed by atoms with E-state index in [4.69, 9.17) is 4.74 Å². The maximum absolute atomic E-state index is 14.1. The zero-order chi connectivity index (χ0) is 19.7. The molecule has 5 fully saturated rings. The minimum absolute atomic E-state index is 0.0741. The molecule has 0 aromatic heterocycles. The van der Waals surface area contributed by atoms with Crippen LogP contribution >= 0.6 is 0 Å². The lowest BCUT2D eigenvalue weighted by atomic mass is 9.54. The van der Waals surface area contributed by atoms with Gasteiger partial charge in [0.25, 0.3) is 14.9 Å². The average Bonchev–Trinajstić information content (AvgIpc) is 2.96. The molecule has 154 valence electrons. The number of carbonyl (C=O) groups is 1. The molecule has 5 aliphatic carbocycles. The van der Waals surface area contributed by atoms with E-state index in [0.29, 0.717) is 49.9 Å². The zero-order valence-electron chi connectivity index (χ0n) is 15.0. The fourth-order valence-electron chi connectivity index (χ4n) is 6.74. The van der Waals surface area contributed by atoms with Crippen LogP contribution in [0.5, 0.6) is 0 Å². The van der Waals surface area contributed by atoms with Gasteiger partial charge in [-0.25, -0.2) is 4.79 Å². The first kappa shape index (κ1) is 19.5. The van der Waals surface area contributed by atoms with Crippen LogP contribution in [0, 0.1) is 23.7 Å². The normalized spacial score (nSPS) is 38.7. The summed E-state index contributed by atoms with van der Waals surface area (Å²) in [5, 5.41) is 0. The van der Waals surface area contributed by atoms with Gasteiger partial charge in [0, 0.05) is 5.92 Å². The molecular weight excluding hydrogens is 385 g/mol. The molecule has 0 saturated heterocycles. The van der Waals surface area contributed by atoms with Gasteiger partial charge in [0.2, 0.25) is 0 Å². The minimum Gasteiger partial charge on any atom is -0.458 e. The van der Waals surface area contributed by atoms with Crippen molar-refractivity contribution >= 4 is 16.1 Å². The number of rotatable bonds is 4. The zero-order valence-corrected chi connectivity index (χ0v) is 15.8. The second-order valence-electron chi connectivity index (χ2n) is 9.18. The summed E-state index contributed by atoms with van der Waals surface area (Å²) in [4.78, 5) is 12.9. The predicted molar refractivity (Wildman–Crippen MR) is 89.3 cm³/mol. The van der Waals surface area contributed by atoms with Gasteiger partial charge in [0.15, 0.2) is 0 Å². The molecule has 1 N–H and O–H groups in total. The van der Waals surface area contributed by atoms with Gasteiger partial charge in [-0.15, -0.1) is 0 Å². The molecule has 5 saturated carbocycles. The van der Waals surface area contributed by atoms with E-state index >= 15 is 0 Å². The molecule has 0 aliphatic heterocycles. The number of halogens is 3. The van der Waals surface area contributed by atoms with Crippen LogP contribution in [0.15, 0.2) is 0 Å². The van der Waals surface area contributed by atoms with Crippen molar-refractivity contribution in [2.45, 2.75) is 80.7 Å². The highest BCUT2D eigenvalue weighted by Gasteiger charge is 2.75. The fourth-order valence-corrected chi connectivity index (χ4v) is 7.94. The summed E-state index contributed by atoms with van der Waals surface area (Å²) in [6, 6.07) is 0. The number of esters is 1. The molecule has 1 atom stereocenters. The lowest BCUT2D eigenvalue weighted by Gasteiger charge is -2.56. The molecule has 0 amide bonds. The van der Waals surface area contributed by atoms with E-state index < -0.39 is 38.5 Å². The Morgan fingerprint density at radius 2 is 1.41 bits per heavy atom. The topological polar surface area (TPSA) is 80.7 Å². The van der Waals surface area contributed by atoms with Gasteiger partial charge in [0.05, 0.1) is 0 Å². The van der Waals surface area contributed by atoms with Gasteiger partial charge in [-0.05, 0) is 69.1 Å². The van der Waals surface area contributed by atoms with E-state index in [-0.39, 0.29) is 12.8 Å². The number of alkyl halides is 3. The molecule has 0 spiro atoms. The highest BCUT2D eigenvalue weighted by Crippen LogP contribution is 2.58. The maximum atomic E-state index is 14.1. The summed E-state index contributed by atoms with van der Waals surface area (Å²) in [6.45, 7) is 0. The second kappa shape index (κ2) is 6.08. The van der Waals surface area contributed by atoms with Crippen molar-refractivity contribution in [1.82, 2.24) is 0 Å². The van der Waals surface area contributed by atoms with Crippen molar-refractivity contribution in [2.24, 2.45) is 23.7 Å². The summed E-state index contributed by atoms with van der Waals surface area (Å²) in [5.74, 6) is -2.36. The van der Waals surface area contributed by atoms with Crippen LogP contribution in [-0.4, -0.2) is 35.5 Å². The summed E-state index contributed by atoms with van der Waals surface area (Å²) >= 11 is 0. The van der Waals surface area contributed by atoms with Crippen LogP contribution in [-0.2, 0) is 19.6 Å². The number of hydrogen-bond acceptors (Lipinski definition) is 4.